The molecule has 0 atom stereocenters. The average molecular weight is 361 g/mol. The highest BCUT2D eigenvalue weighted by Crippen LogP contribution is 2.29. The lowest BCUT2D eigenvalue weighted by molar-refractivity contribution is 0.0758. The summed E-state index contributed by atoms with van der Waals surface area (Å²) >= 11 is 11.4. The van der Waals surface area contributed by atoms with Crippen LogP contribution in [0.2, 0.25) is 5.02 Å². The van der Waals surface area contributed by atoms with Crippen molar-refractivity contribution in [2.45, 2.75) is 19.5 Å². The minimum Gasteiger partial charge on any atom is -0.272 e. The summed E-state index contributed by atoms with van der Waals surface area (Å²) in [6.07, 6.45) is 0. The van der Waals surface area contributed by atoms with Crippen LogP contribution in [0.4, 0.5) is 4.39 Å². The minimum absolute atomic E-state index is 0.308. The second-order valence-electron chi connectivity index (χ2n) is 5.91. The molecular weight excluding hydrogens is 347 g/mol. The Morgan fingerprint density at radius 1 is 1.12 bits per heavy atom. The molecule has 1 heterocycles. The van der Waals surface area contributed by atoms with Gasteiger partial charge in [-0.1, -0.05) is 36.0 Å². The Labute approximate surface area is 149 Å². The highest BCUT2D eigenvalue weighted by atomic mass is 35.5. The molecular formula is C18H14ClFN2OS. The summed E-state index contributed by atoms with van der Waals surface area (Å²) in [5, 5.41) is 0.613. The molecule has 3 nitrogen and oxygen atoms in total. The number of carbonyl (C=O) groups is 1. The topological polar surface area (TPSA) is 32.7 Å². The molecule has 0 unspecified atom stereocenters. The Morgan fingerprint density at radius 2 is 1.71 bits per heavy atom. The fourth-order valence-corrected chi connectivity index (χ4v) is 3.18. The normalized spacial score (nSPS) is 16.2. The Balaban J connectivity index is 1.96. The maximum absolute atomic E-state index is 13.1. The summed E-state index contributed by atoms with van der Waals surface area (Å²) < 4.78 is 13.1. The van der Waals surface area contributed by atoms with Crippen molar-refractivity contribution in [3.8, 4) is 0 Å². The van der Waals surface area contributed by atoms with Gasteiger partial charge < -0.3 is 0 Å². The molecule has 1 aliphatic heterocycles. The molecule has 0 bridgehead atoms. The van der Waals surface area contributed by atoms with Crippen LogP contribution in [-0.2, 0) is 0 Å². The van der Waals surface area contributed by atoms with Crippen LogP contribution in [0.3, 0.4) is 0 Å². The number of benzene rings is 2. The van der Waals surface area contributed by atoms with Crippen LogP contribution in [0.15, 0.2) is 53.5 Å². The Kier molecular flexibility index (Phi) is 4.24. The van der Waals surface area contributed by atoms with Crippen LogP contribution in [0, 0.1) is 5.82 Å². The van der Waals surface area contributed by atoms with Gasteiger partial charge in [0.15, 0.2) is 0 Å². The summed E-state index contributed by atoms with van der Waals surface area (Å²) in [5.41, 5.74) is 0.908. The summed E-state index contributed by atoms with van der Waals surface area (Å²) in [4.78, 5) is 19.2. The first-order chi connectivity index (χ1) is 11.3. The molecule has 0 saturated heterocycles. The molecule has 24 heavy (non-hydrogen) atoms. The van der Waals surface area contributed by atoms with Crippen molar-refractivity contribution in [1.82, 2.24) is 4.90 Å². The van der Waals surface area contributed by atoms with Crippen molar-refractivity contribution in [2.24, 2.45) is 4.99 Å². The molecule has 0 N–H and O–H groups in total. The average Bonchev–Trinajstić information content (AvgIpc) is 2.78. The smallest absolute Gasteiger partial charge is 0.260 e. The molecule has 1 amide bonds. The van der Waals surface area contributed by atoms with Crippen LogP contribution < -0.4 is 0 Å². The van der Waals surface area contributed by atoms with Gasteiger partial charge in [-0.2, -0.15) is 0 Å². The maximum Gasteiger partial charge on any atom is 0.260 e. The fourth-order valence-electron chi connectivity index (χ4n) is 2.58. The number of hydrogen-bond donors (Lipinski definition) is 0. The van der Waals surface area contributed by atoms with Gasteiger partial charge in [0.05, 0.1) is 0 Å². The third-order valence-electron chi connectivity index (χ3n) is 3.75. The molecule has 122 valence electrons. The Bertz CT molecular complexity index is 844. The lowest BCUT2D eigenvalue weighted by atomic mass is 10.1. The first-order valence-electron chi connectivity index (χ1n) is 7.30. The second-order valence-corrected chi connectivity index (χ2v) is 6.74. The number of aliphatic imine (C=N–C) groups is 1. The van der Waals surface area contributed by atoms with Gasteiger partial charge in [-0.05, 0) is 50.2 Å². The zero-order chi connectivity index (χ0) is 17.5. The van der Waals surface area contributed by atoms with E-state index in [9.17, 15) is 9.18 Å². The quantitative estimate of drug-likeness (QED) is 0.739. The van der Waals surface area contributed by atoms with Crippen molar-refractivity contribution in [1.29, 1.82) is 0 Å². The van der Waals surface area contributed by atoms with Crippen molar-refractivity contribution in [2.75, 3.05) is 0 Å². The van der Waals surface area contributed by atoms with Gasteiger partial charge in [-0.3, -0.25) is 14.7 Å². The first kappa shape index (κ1) is 16.7. The highest BCUT2D eigenvalue weighted by Gasteiger charge is 2.42. The molecule has 6 heteroatoms. The third-order valence-corrected chi connectivity index (χ3v) is 4.38. The molecule has 2 aromatic rings. The van der Waals surface area contributed by atoms with Gasteiger partial charge in [0.25, 0.3) is 5.91 Å². The highest BCUT2D eigenvalue weighted by molar-refractivity contribution is 7.82. The van der Waals surface area contributed by atoms with E-state index in [1.165, 1.54) is 29.2 Å². The van der Waals surface area contributed by atoms with Gasteiger partial charge in [0.1, 0.15) is 22.2 Å². The number of carbonyl (C=O) groups excluding carboxylic acids is 1. The van der Waals surface area contributed by atoms with E-state index in [4.69, 9.17) is 23.8 Å². The zero-order valence-corrected chi connectivity index (χ0v) is 14.7. The number of nitrogens with zero attached hydrogens (tertiary/aromatic N) is 2. The summed E-state index contributed by atoms with van der Waals surface area (Å²) in [6.45, 7) is 3.62. The number of hydrogen-bond acceptors (Lipinski definition) is 3. The number of rotatable bonds is 2. The molecule has 0 saturated carbocycles. The first-order valence-corrected chi connectivity index (χ1v) is 8.08. The predicted octanol–water partition coefficient (Wildman–Crippen LogP) is 4.49. The van der Waals surface area contributed by atoms with Crippen molar-refractivity contribution < 1.29 is 9.18 Å². The zero-order valence-electron chi connectivity index (χ0n) is 13.1. The van der Waals surface area contributed by atoms with E-state index in [0.717, 1.165) is 5.56 Å². The predicted molar refractivity (Wildman–Crippen MR) is 97.2 cm³/mol. The minimum atomic E-state index is -0.822. The summed E-state index contributed by atoms with van der Waals surface area (Å²) in [6, 6.07) is 12.5. The van der Waals surface area contributed by atoms with Crippen LogP contribution in [0.25, 0.3) is 0 Å². The van der Waals surface area contributed by atoms with Crippen LogP contribution >= 0.6 is 23.8 Å². The van der Waals surface area contributed by atoms with E-state index >= 15 is 0 Å². The Hall–Kier alpha value is -2.11. The van der Waals surface area contributed by atoms with E-state index in [1.54, 1.807) is 12.1 Å². The lowest BCUT2D eigenvalue weighted by Crippen LogP contribution is -2.46. The molecule has 2 aromatic carbocycles. The molecule has 0 fully saturated rings. The lowest BCUT2D eigenvalue weighted by Gasteiger charge is -2.29. The number of thiocarbonyl (C=S) groups is 1. The van der Waals surface area contributed by atoms with Gasteiger partial charge in [-0.25, -0.2) is 4.39 Å². The monoisotopic (exact) mass is 360 g/mol. The largest absolute Gasteiger partial charge is 0.272 e. The number of halogens is 2. The van der Waals surface area contributed by atoms with Crippen molar-refractivity contribution >= 4 is 40.4 Å². The summed E-state index contributed by atoms with van der Waals surface area (Å²) in [5.74, 6) is -0.703. The molecule has 0 aromatic heterocycles. The second kappa shape index (κ2) is 6.07. The van der Waals surface area contributed by atoms with E-state index in [-0.39, 0.29) is 5.91 Å². The fraction of sp³-hybridized carbons (Fsp3) is 0.167. The van der Waals surface area contributed by atoms with Crippen molar-refractivity contribution in [3.63, 3.8) is 0 Å². The molecule has 0 spiro atoms. The number of amides is 1. The SMILES string of the molecule is CC1(C)N=C(c2ccc(Cl)cc2)C(=S)N1C(=O)c1ccc(F)cc1. The van der Waals surface area contributed by atoms with Gasteiger partial charge in [0, 0.05) is 16.1 Å². The van der Waals surface area contributed by atoms with Crippen LogP contribution in [-0.4, -0.2) is 27.2 Å². The van der Waals surface area contributed by atoms with E-state index < -0.39 is 11.5 Å². The third kappa shape index (κ3) is 2.97. The van der Waals surface area contributed by atoms with Crippen LogP contribution in [0.5, 0.6) is 0 Å². The van der Waals surface area contributed by atoms with Gasteiger partial charge in [-0.15, -0.1) is 0 Å². The van der Waals surface area contributed by atoms with Gasteiger partial charge >= 0.3 is 0 Å². The van der Waals surface area contributed by atoms with E-state index in [0.29, 0.717) is 21.3 Å². The van der Waals surface area contributed by atoms with E-state index in [1.807, 2.05) is 26.0 Å². The van der Waals surface area contributed by atoms with Crippen molar-refractivity contribution in [3.05, 3.63) is 70.5 Å². The van der Waals surface area contributed by atoms with Gasteiger partial charge in [0.2, 0.25) is 0 Å². The standard InChI is InChI=1S/C18H14ClFN2OS/c1-18(2)21-15(11-3-7-13(19)8-4-11)17(24)22(18)16(23)12-5-9-14(20)10-6-12/h3-10H,1-2H3. The van der Waals surface area contributed by atoms with E-state index in [2.05, 4.69) is 4.99 Å². The van der Waals surface area contributed by atoms with Crippen LogP contribution in [0.1, 0.15) is 29.8 Å². The summed E-state index contributed by atoms with van der Waals surface area (Å²) in [7, 11) is 0. The molecule has 0 aliphatic carbocycles. The maximum atomic E-state index is 13.1. The molecule has 1 aliphatic rings. The molecule has 3 rings (SSSR count). The molecule has 0 radical (unpaired) electrons. The Morgan fingerprint density at radius 3 is 2.29 bits per heavy atom.